The number of methoxy groups -OCH3 is 1. The summed E-state index contributed by atoms with van der Waals surface area (Å²) in [6, 6.07) is 16.4. The van der Waals surface area contributed by atoms with Crippen LogP contribution in [-0.4, -0.2) is 20.1 Å². The highest BCUT2D eigenvalue weighted by atomic mass is 16.5. The Labute approximate surface area is 126 Å². The van der Waals surface area contributed by atoms with Gasteiger partial charge in [0.05, 0.1) is 13.5 Å². The van der Waals surface area contributed by atoms with Crippen LogP contribution in [0.2, 0.25) is 0 Å². The molecule has 0 unspecified atom stereocenters. The first-order chi connectivity index (χ1) is 10.1. The van der Waals surface area contributed by atoms with Crippen LogP contribution in [0.4, 0.5) is 5.69 Å². The van der Waals surface area contributed by atoms with E-state index in [1.165, 1.54) is 12.7 Å². The second-order valence-corrected chi connectivity index (χ2v) is 5.21. The summed E-state index contributed by atoms with van der Waals surface area (Å²) in [7, 11) is 3.48. The van der Waals surface area contributed by atoms with E-state index in [9.17, 15) is 4.79 Å². The molecule has 0 heterocycles. The Kier molecular flexibility index (Phi) is 4.99. The summed E-state index contributed by atoms with van der Waals surface area (Å²) >= 11 is 0. The highest BCUT2D eigenvalue weighted by Crippen LogP contribution is 2.18. The minimum absolute atomic E-state index is 0.208. The molecular weight excluding hydrogens is 262 g/mol. The maximum absolute atomic E-state index is 11.5. The topological polar surface area (TPSA) is 29.5 Å². The van der Waals surface area contributed by atoms with Crippen LogP contribution >= 0.6 is 0 Å². The Balaban J connectivity index is 2.15. The highest BCUT2D eigenvalue weighted by molar-refractivity contribution is 5.73. The van der Waals surface area contributed by atoms with Crippen molar-refractivity contribution in [2.75, 3.05) is 19.1 Å². The number of aryl methyl sites for hydroxylation is 1. The Hall–Kier alpha value is -2.29. The average molecular weight is 283 g/mol. The molecule has 3 nitrogen and oxygen atoms in total. The van der Waals surface area contributed by atoms with Gasteiger partial charge in [-0.2, -0.15) is 0 Å². The second kappa shape index (κ2) is 6.93. The minimum atomic E-state index is -0.208. The molecule has 0 aliphatic rings. The summed E-state index contributed by atoms with van der Waals surface area (Å²) < 4.78 is 4.76. The number of hydrogen-bond donors (Lipinski definition) is 0. The van der Waals surface area contributed by atoms with Gasteiger partial charge in [0, 0.05) is 19.3 Å². The summed E-state index contributed by atoms with van der Waals surface area (Å²) in [4.78, 5) is 13.7. The maximum Gasteiger partial charge on any atom is 0.309 e. The molecule has 0 bridgehead atoms. The number of anilines is 1. The van der Waals surface area contributed by atoms with Crippen LogP contribution < -0.4 is 4.90 Å². The molecule has 21 heavy (non-hydrogen) atoms. The quantitative estimate of drug-likeness (QED) is 0.788. The van der Waals surface area contributed by atoms with Gasteiger partial charge in [-0.1, -0.05) is 42.0 Å². The van der Waals surface area contributed by atoms with Crippen LogP contribution in [0.3, 0.4) is 0 Å². The smallest absolute Gasteiger partial charge is 0.309 e. The molecule has 3 heteroatoms. The number of rotatable bonds is 5. The zero-order chi connectivity index (χ0) is 15.2. The van der Waals surface area contributed by atoms with Crippen molar-refractivity contribution in [3.05, 3.63) is 65.2 Å². The predicted octanol–water partition coefficient (Wildman–Crippen LogP) is 3.35. The molecule has 0 aliphatic carbocycles. The summed E-state index contributed by atoms with van der Waals surface area (Å²) in [5, 5.41) is 0. The molecule has 0 fully saturated rings. The van der Waals surface area contributed by atoms with Crippen molar-refractivity contribution < 1.29 is 9.53 Å². The van der Waals surface area contributed by atoms with E-state index in [1.807, 2.05) is 18.2 Å². The number of carbonyl (C=O) groups is 1. The second-order valence-electron chi connectivity index (χ2n) is 5.21. The van der Waals surface area contributed by atoms with Crippen LogP contribution in [0.15, 0.2) is 48.5 Å². The standard InChI is InChI=1S/C18H21NO2/c1-14-8-10-17(11-9-14)19(2)13-16-7-5-4-6-15(16)12-18(20)21-3/h4-11H,12-13H2,1-3H3. The molecule has 0 saturated carbocycles. The van der Waals surface area contributed by atoms with Crippen molar-refractivity contribution >= 4 is 11.7 Å². The zero-order valence-corrected chi connectivity index (χ0v) is 12.8. The molecule has 0 aliphatic heterocycles. The lowest BCUT2D eigenvalue weighted by Crippen LogP contribution is -2.18. The molecule has 0 N–H and O–H groups in total. The molecule has 0 aromatic heterocycles. The maximum atomic E-state index is 11.5. The molecule has 2 rings (SSSR count). The van der Waals surface area contributed by atoms with Gasteiger partial charge >= 0.3 is 5.97 Å². The van der Waals surface area contributed by atoms with E-state index in [2.05, 4.69) is 49.2 Å². The molecule has 0 amide bonds. The van der Waals surface area contributed by atoms with Crippen molar-refractivity contribution in [2.24, 2.45) is 0 Å². The molecule has 0 atom stereocenters. The fourth-order valence-corrected chi connectivity index (χ4v) is 2.26. The fraction of sp³-hybridized carbons (Fsp3) is 0.278. The van der Waals surface area contributed by atoms with Gasteiger partial charge in [-0.25, -0.2) is 0 Å². The Bertz CT molecular complexity index is 605. The van der Waals surface area contributed by atoms with Gasteiger partial charge in [-0.15, -0.1) is 0 Å². The summed E-state index contributed by atoms with van der Waals surface area (Å²) in [5.74, 6) is -0.208. The van der Waals surface area contributed by atoms with Gasteiger partial charge in [0.2, 0.25) is 0 Å². The number of carbonyl (C=O) groups excluding carboxylic acids is 1. The van der Waals surface area contributed by atoms with Crippen LogP contribution in [-0.2, 0) is 22.5 Å². The predicted molar refractivity (Wildman–Crippen MR) is 85.4 cm³/mol. The Morgan fingerprint density at radius 3 is 2.29 bits per heavy atom. The van der Waals surface area contributed by atoms with Gasteiger partial charge in [0.1, 0.15) is 0 Å². The molecule has 0 saturated heterocycles. The van der Waals surface area contributed by atoms with Crippen LogP contribution in [0.5, 0.6) is 0 Å². The number of ether oxygens (including phenoxy) is 1. The third-order valence-electron chi connectivity index (χ3n) is 3.56. The largest absolute Gasteiger partial charge is 0.469 e. The van der Waals surface area contributed by atoms with E-state index in [0.717, 1.165) is 23.4 Å². The van der Waals surface area contributed by atoms with Gasteiger partial charge in [-0.05, 0) is 30.2 Å². The average Bonchev–Trinajstić information content (AvgIpc) is 2.49. The third kappa shape index (κ3) is 4.09. The van der Waals surface area contributed by atoms with Gasteiger partial charge in [-0.3, -0.25) is 4.79 Å². The normalized spacial score (nSPS) is 10.2. The first-order valence-corrected chi connectivity index (χ1v) is 7.01. The zero-order valence-electron chi connectivity index (χ0n) is 12.8. The van der Waals surface area contributed by atoms with Crippen LogP contribution in [0, 0.1) is 6.92 Å². The lowest BCUT2D eigenvalue weighted by molar-refractivity contribution is -0.139. The lowest BCUT2D eigenvalue weighted by atomic mass is 10.0. The van der Waals surface area contributed by atoms with Gasteiger partial charge < -0.3 is 9.64 Å². The first-order valence-electron chi connectivity index (χ1n) is 7.01. The van der Waals surface area contributed by atoms with Crippen molar-refractivity contribution in [3.63, 3.8) is 0 Å². The third-order valence-corrected chi connectivity index (χ3v) is 3.56. The summed E-state index contributed by atoms with van der Waals surface area (Å²) in [6.07, 6.45) is 0.314. The number of esters is 1. The number of nitrogens with zero attached hydrogens (tertiary/aromatic N) is 1. The number of benzene rings is 2. The molecule has 0 spiro atoms. The lowest BCUT2D eigenvalue weighted by Gasteiger charge is -2.21. The van der Waals surface area contributed by atoms with E-state index in [1.54, 1.807) is 0 Å². The molecule has 2 aromatic carbocycles. The highest BCUT2D eigenvalue weighted by Gasteiger charge is 2.10. The van der Waals surface area contributed by atoms with Crippen LogP contribution in [0.1, 0.15) is 16.7 Å². The van der Waals surface area contributed by atoms with Crippen molar-refractivity contribution in [1.82, 2.24) is 0 Å². The Morgan fingerprint density at radius 1 is 1.05 bits per heavy atom. The van der Waals surface area contributed by atoms with Gasteiger partial charge in [0.25, 0.3) is 0 Å². The Morgan fingerprint density at radius 2 is 1.67 bits per heavy atom. The van der Waals surface area contributed by atoms with Crippen LogP contribution in [0.25, 0.3) is 0 Å². The summed E-state index contributed by atoms with van der Waals surface area (Å²) in [6.45, 7) is 2.84. The minimum Gasteiger partial charge on any atom is -0.469 e. The monoisotopic (exact) mass is 283 g/mol. The van der Waals surface area contributed by atoms with Crippen molar-refractivity contribution in [3.8, 4) is 0 Å². The molecule has 110 valence electrons. The van der Waals surface area contributed by atoms with E-state index in [4.69, 9.17) is 4.74 Å². The summed E-state index contributed by atoms with van der Waals surface area (Å²) in [5.41, 5.74) is 4.57. The molecular formula is C18H21NO2. The van der Waals surface area contributed by atoms with E-state index < -0.39 is 0 Å². The van der Waals surface area contributed by atoms with E-state index in [-0.39, 0.29) is 5.97 Å². The fourth-order valence-electron chi connectivity index (χ4n) is 2.26. The van der Waals surface area contributed by atoms with E-state index in [0.29, 0.717) is 6.42 Å². The molecule has 0 radical (unpaired) electrons. The van der Waals surface area contributed by atoms with Crippen molar-refractivity contribution in [1.29, 1.82) is 0 Å². The SMILES string of the molecule is COC(=O)Cc1ccccc1CN(C)c1ccc(C)cc1. The van der Waals surface area contributed by atoms with Crippen molar-refractivity contribution in [2.45, 2.75) is 19.9 Å². The first kappa shape index (κ1) is 15.1. The van der Waals surface area contributed by atoms with E-state index >= 15 is 0 Å². The molecule has 2 aromatic rings. The number of hydrogen-bond acceptors (Lipinski definition) is 3. The van der Waals surface area contributed by atoms with Gasteiger partial charge in [0.15, 0.2) is 0 Å².